The predicted octanol–water partition coefficient (Wildman–Crippen LogP) is 3.42. The zero-order chi connectivity index (χ0) is 17.9. The Balaban J connectivity index is 1.79. The number of ketones is 1. The van der Waals surface area contributed by atoms with Crippen molar-refractivity contribution in [3.63, 3.8) is 0 Å². The molecule has 1 heterocycles. The van der Waals surface area contributed by atoms with Crippen molar-refractivity contribution in [3.8, 4) is 0 Å². The molecule has 0 atom stereocenters. The average Bonchev–Trinajstić information content (AvgIpc) is 2.62. The zero-order valence-corrected chi connectivity index (χ0v) is 14.3. The first-order valence-corrected chi connectivity index (χ1v) is 9.09. The van der Waals surface area contributed by atoms with Crippen LogP contribution in [-0.2, 0) is 10.0 Å². The molecule has 2 aromatic carbocycles. The quantitative estimate of drug-likeness (QED) is 0.714. The number of aromatic nitrogens is 1. The topological polar surface area (TPSA) is 76.1 Å². The molecule has 0 unspecified atom stereocenters. The molecular formula is C19H16N2O3S. The van der Waals surface area contributed by atoms with E-state index in [4.69, 9.17) is 0 Å². The maximum Gasteiger partial charge on any atom is 0.263 e. The lowest BCUT2D eigenvalue weighted by atomic mass is 10.1. The van der Waals surface area contributed by atoms with Crippen LogP contribution < -0.4 is 4.72 Å². The summed E-state index contributed by atoms with van der Waals surface area (Å²) in [6.07, 6.45) is 1.36. The molecule has 25 heavy (non-hydrogen) atoms. The smallest absolute Gasteiger partial charge is 0.263 e. The molecule has 1 aromatic heterocycles. The molecule has 0 saturated heterocycles. The third-order valence-electron chi connectivity index (χ3n) is 3.63. The maximum absolute atomic E-state index is 12.3. The lowest BCUT2D eigenvalue weighted by Gasteiger charge is -2.08. The lowest BCUT2D eigenvalue weighted by Crippen LogP contribution is -2.14. The third-order valence-corrected chi connectivity index (χ3v) is 5.00. The predicted molar refractivity (Wildman–Crippen MR) is 96.1 cm³/mol. The van der Waals surface area contributed by atoms with E-state index in [1.54, 1.807) is 42.5 Å². The number of carbonyl (C=O) groups is 1. The van der Waals surface area contributed by atoms with Crippen molar-refractivity contribution in [2.75, 3.05) is 4.72 Å². The Morgan fingerprint density at radius 3 is 2.16 bits per heavy atom. The standard InChI is InChI=1S/C19H16N2O3S/c1-14-7-10-17(11-8-14)25(23,24)21-18-12-9-16(13-20-18)19(22)15-5-3-2-4-6-15/h2-13H,1H3,(H,20,21). The number of hydrogen-bond donors (Lipinski definition) is 1. The van der Waals surface area contributed by atoms with Gasteiger partial charge in [-0.25, -0.2) is 13.4 Å². The van der Waals surface area contributed by atoms with Gasteiger partial charge in [-0.1, -0.05) is 48.0 Å². The van der Waals surface area contributed by atoms with Gasteiger partial charge in [0.05, 0.1) is 4.90 Å². The fraction of sp³-hybridized carbons (Fsp3) is 0.0526. The summed E-state index contributed by atoms with van der Waals surface area (Å²) in [4.78, 5) is 16.5. The van der Waals surface area contributed by atoms with E-state index in [0.29, 0.717) is 11.1 Å². The van der Waals surface area contributed by atoms with Crippen LogP contribution in [0, 0.1) is 6.92 Å². The van der Waals surface area contributed by atoms with E-state index in [2.05, 4.69) is 9.71 Å². The Labute approximate surface area is 146 Å². The minimum atomic E-state index is -3.71. The fourth-order valence-corrected chi connectivity index (χ4v) is 3.27. The third kappa shape index (κ3) is 3.92. The summed E-state index contributed by atoms with van der Waals surface area (Å²) in [7, 11) is -3.71. The molecule has 0 saturated carbocycles. The Kier molecular flexibility index (Phi) is 4.63. The number of sulfonamides is 1. The van der Waals surface area contributed by atoms with Gasteiger partial charge in [0.15, 0.2) is 5.78 Å². The molecule has 0 aliphatic carbocycles. The average molecular weight is 352 g/mol. The van der Waals surface area contributed by atoms with Crippen molar-refractivity contribution < 1.29 is 13.2 Å². The monoisotopic (exact) mass is 352 g/mol. The second-order valence-electron chi connectivity index (χ2n) is 5.55. The lowest BCUT2D eigenvalue weighted by molar-refractivity contribution is 0.103. The number of carbonyl (C=O) groups excluding carboxylic acids is 1. The normalized spacial score (nSPS) is 11.1. The Morgan fingerprint density at radius 1 is 0.880 bits per heavy atom. The number of nitrogens with one attached hydrogen (secondary N) is 1. The van der Waals surface area contributed by atoms with E-state index in [0.717, 1.165) is 5.56 Å². The molecule has 0 fully saturated rings. The summed E-state index contributed by atoms with van der Waals surface area (Å²) >= 11 is 0. The molecule has 1 N–H and O–H groups in total. The van der Waals surface area contributed by atoms with Crippen molar-refractivity contribution in [3.05, 3.63) is 89.6 Å². The number of rotatable bonds is 5. The Bertz CT molecular complexity index is 981. The van der Waals surface area contributed by atoms with Crippen molar-refractivity contribution in [1.82, 2.24) is 4.98 Å². The van der Waals surface area contributed by atoms with Gasteiger partial charge in [0, 0.05) is 17.3 Å². The zero-order valence-electron chi connectivity index (χ0n) is 13.5. The summed E-state index contributed by atoms with van der Waals surface area (Å²) in [6, 6.07) is 18.4. The molecule has 126 valence electrons. The SMILES string of the molecule is Cc1ccc(S(=O)(=O)Nc2ccc(C(=O)c3ccccc3)cn2)cc1. The van der Waals surface area contributed by atoms with E-state index in [-0.39, 0.29) is 16.5 Å². The van der Waals surface area contributed by atoms with E-state index in [1.807, 2.05) is 13.0 Å². The first-order valence-electron chi connectivity index (χ1n) is 7.61. The highest BCUT2D eigenvalue weighted by molar-refractivity contribution is 7.92. The molecule has 0 aliphatic heterocycles. The number of nitrogens with zero attached hydrogens (tertiary/aromatic N) is 1. The van der Waals surface area contributed by atoms with Gasteiger partial charge in [0.1, 0.15) is 5.82 Å². The molecule has 6 heteroatoms. The number of pyridine rings is 1. The fourth-order valence-electron chi connectivity index (χ4n) is 2.26. The van der Waals surface area contributed by atoms with E-state index >= 15 is 0 Å². The summed E-state index contributed by atoms with van der Waals surface area (Å²) in [5.41, 5.74) is 1.92. The van der Waals surface area contributed by atoms with Crippen LogP contribution >= 0.6 is 0 Å². The minimum absolute atomic E-state index is 0.157. The van der Waals surface area contributed by atoms with Crippen LogP contribution in [-0.4, -0.2) is 19.2 Å². The van der Waals surface area contributed by atoms with Crippen LogP contribution in [0.25, 0.3) is 0 Å². The van der Waals surface area contributed by atoms with E-state index < -0.39 is 10.0 Å². The second kappa shape index (κ2) is 6.86. The van der Waals surface area contributed by atoms with Crippen LogP contribution in [0.15, 0.2) is 77.8 Å². The van der Waals surface area contributed by atoms with Gasteiger partial charge >= 0.3 is 0 Å². The maximum atomic E-state index is 12.3. The van der Waals surface area contributed by atoms with Crippen molar-refractivity contribution in [1.29, 1.82) is 0 Å². The van der Waals surface area contributed by atoms with Gasteiger partial charge in [0.2, 0.25) is 0 Å². The molecule has 0 bridgehead atoms. The van der Waals surface area contributed by atoms with Crippen LogP contribution in [0.2, 0.25) is 0 Å². The second-order valence-corrected chi connectivity index (χ2v) is 7.23. The van der Waals surface area contributed by atoms with Crippen LogP contribution in [0.1, 0.15) is 21.5 Å². The number of anilines is 1. The van der Waals surface area contributed by atoms with Crippen molar-refractivity contribution >= 4 is 21.6 Å². The molecule has 0 spiro atoms. The van der Waals surface area contributed by atoms with Gasteiger partial charge in [-0.05, 0) is 31.2 Å². The number of aryl methyl sites for hydroxylation is 1. The largest absolute Gasteiger partial charge is 0.289 e. The minimum Gasteiger partial charge on any atom is -0.289 e. The van der Waals surface area contributed by atoms with Crippen molar-refractivity contribution in [2.24, 2.45) is 0 Å². The molecule has 0 aliphatic rings. The first kappa shape index (κ1) is 16.9. The van der Waals surface area contributed by atoms with E-state index in [1.165, 1.54) is 24.4 Å². The first-order chi connectivity index (χ1) is 12.0. The summed E-state index contributed by atoms with van der Waals surface area (Å²) in [6.45, 7) is 1.88. The van der Waals surface area contributed by atoms with Gasteiger partial charge in [0.25, 0.3) is 10.0 Å². The van der Waals surface area contributed by atoms with Crippen LogP contribution in [0.5, 0.6) is 0 Å². The summed E-state index contributed by atoms with van der Waals surface area (Å²) in [5.74, 6) is -0.00812. The molecule has 0 radical (unpaired) electrons. The van der Waals surface area contributed by atoms with Gasteiger partial charge in [-0.15, -0.1) is 0 Å². The van der Waals surface area contributed by atoms with Gasteiger partial charge < -0.3 is 0 Å². The molecule has 3 rings (SSSR count). The van der Waals surface area contributed by atoms with Gasteiger partial charge in [-0.3, -0.25) is 9.52 Å². The molecule has 5 nitrogen and oxygen atoms in total. The highest BCUT2D eigenvalue weighted by atomic mass is 32.2. The van der Waals surface area contributed by atoms with E-state index in [9.17, 15) is 13.2 Å². The number of benzene rings is 2. The number of hydrogen-bond acceptors (Lipinski definition) is 4. The van der Waals surface area contributed by atoms with Crippen LogP contribution in [0.4, 0.5) is 5.82 Å². The highest BCUT2D eigenvalue weighted by Crippen LogP contribution is 2.16. The summed E-state index contributed by atoms with van der Waals surface area (Å²) in [5, 5.41) is 0. The van der Waals surface area contributed by atoms with Crippen LogP contribution in [0.3, 0.4) is 0 Å². The summed E-state index contributed by atoms with van der Waals surface area (Å²) < 4.78 is 27.1. The Morgan fingerprint density at radius 2 is 1.56 bits per heavy atom. The highest BCUT2D eigenvalue weighted by Gasteiger charge is 2.15. The Hall–Kier alpha value is -2.99. The molecular weight excluding hydrogens is 336 g/mol. The van der Waals surface area contributed by atoms with Crippen molar-refractivity contribution in [2.45, 2.75) is 11.8 Å². The molecule has 0 amide bonds. The van der Waals surface area contributed by atoms with Gasteiger partial charge in [-0.2, -0.15) is 0 Å². The molecule has 3 aromatic rings.